The van der Waals surface area contributed by atoms with Crippen LogP contribution in [0.3, 0.4) is 0 Å². The number of amides is 2. The zero-order valence-corrected chi connectivity index (χ0v) is 14.6. The second kappa shape index (κ2) is 7.16. The summed E-state index contributed by atoms with van der Waals surface area (Å²) in [6, 6.07) is 6.96. The highest BCUT2D eigenvalue weighted by Crippen LogP contribution is 2.22. The monoisotopic (exact) mass is 343 g/mol. The van der Waals surface area contributed by atoms with Crippen molar-refractivity contribution in [3.63, 3.8) is 0 Å². The van der Waals surface area contributed by atoms with Crippen molar-refractivity contribution in [2.75, 3.05) is 18.1 Å². The number of nitrogens with two attached hydrogens (primary N) is 1. The van der Waals surface area contributed by atoms with Crippen molar-refractivity contribution in [2.24, 2.45) is 0 Å². The number of benzene rings is 1. The van der Waals surface area contributed by atoms with Crippen LogP contribution in [0.1, 0.15) is 31.3 Å². The zero-order chi connectivity index (χ0) is 18.6. The molecule has 0 saturated heterocycles. The summed E-state index contributed by atoms with van der Waals surface area (Å²) in [4.78, 5) is 31.9. The Morgan fingerprint density at radius 1 is 1.24 bits per heavy atom. The van der Waals surface area contributed by atoms with Crippen LogP contribution < -0.4 is 16.4 Å². The molecule has 0 fully saturated rings. The summed E-state index contributed by atoms with van der Waals surface area (Å²) in [6.07, 6.45) is 0.910. The summed E-state index contributed by atoms with van der Waals surface area (Å²) in [7, 11) is 1.49. The molecule has 8 heteroatoms. The van der Waals surface area contributed by atoms with Gasteiger partial charge in [0.25, 0.3) is 5.91 Å². The average Bonchev–Trinajstić information content (AvgIpc) is 2.53. The molecular weight excluding hydrogens is 322 g/mol. The largest absolute Gasteiger partial charge is 0.444 e. The quantitative estimate of drug-likeness (QED) is 0.787. The number of ether oxygens (including phenoxy) is 1. The van der Waals surface area contributed by atoms with Crippen molar-refractivity contribution in [3.8, 4) is 11.3 Å². The molecule has 2 amide bonds. The highest BCUT2D eigenvalue weighted by Gasteiger charge is 2.17. The van der Waals surface area contributed by atoms with E-state index >= 15 is 0 Å². The van der Waals surface area contributed by atoms with Crippen LogP contribution in [0.2, 0.25) is 0 Å². The van der Waals surface area contributed by atoms with Crippen LogP contribution in [-0.4, -0.2) is 34.6 Å². The SMILES string of the molecule is CNC(=O)c1nc(-c2cccc(NC(=O)OC(C)(C)C)c2)cnc1N. The summed E-state index contributed by atoms with van der Waals surface area (Å²) in [5.41, 5.74) is 6.81. The molecule has 2 aromatic rings. The van der Waals surface area contributed by atoms with Gasteiger partial charge in [0, 0.05) is 18.3 Å². The van der Waals surface area contributed by atoms with Crippen molar-refractivity contribution in [2.45, 2.75) is 26.4 Å². The number of nitrogens with zero attached hydrogens (tertiary/aromatic N) is 2. The van der Waals surface area contributed by atoms with Crippen LogP contribution in [0.5, 0.6) is 0 Å². The summed E-state index contributed by atoms with van der Waals surface area (Å²) in [6.45, 7) is 5.35. The third-order valence-electron chi connectivity index (χ3n) is 3.05. The third-order valence-corrected chi connectivity index (χ3v) is 3.05. The Hall–Kier alpha value is -3.16. The molecule has 1 aromatic carbocycles. The Morgan fingerprint density at radius 2 is 1.96 bits per heavy atom. The normalized spacial score (nSPS) is 10.9. The van der Waals surface area contributed by atoms with Gasteiger partial charge in [0.1, 0.15) is 5.60 Å². The van der Waals surface area contributed by atoms with E-state index in [1.54, 1.807) is 45.0 Å². The van der Waals surface area contributed by atoms with Crippen LogP contribution in [0.4, 0.5) is 16.3 Å². The summed E-state index contributed by atoms with van der Waals surface area (Å²) >= 11 is 0. The molecule has 0 bridgehead atoms. The van der Waals surface area contributed by atoms with Crippen molar-refractivity contribution in [1.29, 1.82) is 0 Å². The van der Waals surface area contributed by atoms with Gasteiger partial charge in [-0.2, -0.15) is 0 Å². The number of aromatic nitrogens is 2. The van der Waals surface area contributed by atoms with Gasteiger partial charge in [-0.3, -0.25) is 10.1 Å². The summed E-state index contributed by atoms with van der Waals surface area (Å²) in [5.74, 6) is -0.374. The second-order valence-corrected chi connectivity index (χ2v) is 6.28. The first-order valence-corrected chi connectivity index (χ1v) is 7.64. The van der Waals surface area contributed by atoms with Crippen LogP contribution in [0.25, 0.3) is 11.3 Å². The minimum absolute atomic E-state index is 0.0468. The standard InChI is InChI=1S/C17H21N5O3/c1-17(2,3)25-16(24)21-11-7-5-6-10(8-11)12-9-20-14(18)13(22-12)15(23)19-4/h5-9H,1-4H3,(H2,18,20)(H,19,23)(H,21,24). The van der Waals surface area contributed by atoms with E-state index < -0.39 is 17.6 Å². The molecule has 0 spiro atoms. The van der Waals surface area contributed by atoms with Gasteiger partial charge >= 0.3 is 6.09 Å². The lowest BCUT2D eigenvalue weighted by Gasteiger charge is -2.19. The predicted molar refractivity (Wildman–Crippen MR) is 95.1 cm³/mol. The lowest BCUT2D eigenvalue weighted by Crippen LogP contribution is -2.27. The lowest BCUT2D eigenvalue weighted by atomic mass is 10.1. The van der Waals surface area contributed by atoms with Gasteiger partial charge in [-0.05, 0) is 32.9 Å². The maximum Gasteiger partial charge on any atom is 0.412 e. The zero-order valence-electron chi connectivity index (χ0n) is 14.6. The molecule has 2 rings (SSSR count). The second-order valence-electron chi connectivity index (χ2n) is 6.28. The number of carbonyl (C=O) groups is 2. The molecule has 0 aliphatic carbocycles. The van der Waals surface area contributed by atoms with Gasteiger partial charge in [-0.25, -0.2) is 14.8 Å². The van der Waals surface area contributed by atoms with E-state index in [2.05, 4.69) is 20.6 Å². The van der Waals surface area contributed by atoms with E-state index in [9.17, 15) is 9.59 Å². The minimum Gasteiger partial charge on any atom is -0.444 e. The highest BCUT2D eigenvalue weighted by atomic mass is 16.6. The molecule has 4 N–H and O–H groups in total. The van der Waals surface area contributed by atoms with Crippen molar-refractivity contribution in [3.05, 3.63) is 36.2 Å². The van der Waals surface area contributed by atoms with Crippen molar-refractivity contribution >= 4 is 23.5 Å². The number of nitrogens with one attached hydrogen (secondary N) is 2. The van der Waals surface area contributed by atoms with Crippen LogP contribution >= 0.6 is 0 Å². The Balaban J connectivity index is 2.27. The van der Waals surface area contributed by atoms with Gasteiger partial charge in [0.05, 0.1) is 11.9 Å². The molecule has 8 nitrogen and oxygen atoms in total. The first kappa shape index (κ1) is 18.2. The van der Waals surface area contributed by atoms with Crippen LogP contribution in [0, 0.1) is 0 Å². The predicted octanol–water partition coefficient (Wildman–Crippen LogP) is 2.43. The maximum atomic E-state index is 11.9. The molecule has 0 aliphatic heterocycles. The fourth-order valence-corrected chi connectivity index (χ4v) is 2.00. The van der Waals surface area contributed by atoms with Crippen LogP contribution in [-0.2, 0) is 4.74 Å². The fourth-order valence-electron chi connectivity index (χ4n) is 2.00. The smallest absolute Gasteiger partial charge is 0.412 e. The van der Waals surface area contributed by atoms with Crippen LogP contribution in [0.15, 0.2) is 30.5 Å². The summed E-state index contributed by atoms with van der Waals surface area (Å²) in [5, 5.41) is 5.12. The molecule has 0 aliphatic rings. The molecule has 0 atom stereocenters. The molecule has 1 heterocycles. The molecular formula is C17H21N5O3. The molecule has 0 unspecified atom stereocenters. The minimum atomic E-state index is -0.591. The van der Waals surface area contributed by atoms with E-state index in [1.807, 2.05) is 0 Å². The number of carbonyl (C=O) groups excluding carboxylic acids is 2. The first-order valence-electron chi connectivity index (χ1n) is 7.64. The molecule has 0 radical (unpaired) electrons. The van der Waals surface area contributed by atoms with E-state index in [1.165, 1.54) is 13.2 Å². The maximum absolute atomic E-state index is 11.9. The number of nitrogen functional groups attached to an aromatic ring is 1. The highest BCUT2D eigenvalue weighted by molar-refractivity contribution is 5.96. The Kier molecular flexibility index (Phi) is 5.21. The number of hydrogen-bond donors (Lipinski definition) is 3. The number of rotatable bonds is 3. The lowest BCUT2D eigenvalue weighted by molar-refractivity contribution is 0.0635. The van der Waals surface area contributed by atoms with E-state index in [4.69, 9.17) is 10.5 Å². The fraction of sp³-hybridized carbons (Fsp3) is 0.294. The Morgan fingerprint density at radius 3 is 2.60 bits per heavy atom. The third kappa shape index (κ3) is 4.90. The molecule has 25 heavy (non-hydrogen) atoms. The summed E-state index contributed by atoms with van der Waals surface area (Å²) < 4.78 is 5.22. The van der Waals surface area contributed by atoms with Gasteiger partial charge in [-0.15, -0.1) is 0 Å². The van der Waals surface area contributed by atoms with E-state index in [-0.39, 0.29) is 11.5 Å². The van der Waals surface area contributed by atoms with Gasteiger partial charge in [0.15, 0.2) is 11.5 Å². The van der Waals surface area contributed by atoms with Gasteiger partial charge in [-0.1, -0.05) is 12.1 Å². The Labute approximate surface area is 145 Å². The molecule has 0 saturated carbocycles. The number of hydrogen-bond acceptors (Lipinski definition) is 6. The average molecular weight is 343 g/mol. The van der Waals surface area contributed by atoms with E-state index in [0.29, 0.717) is 16.9 Å². The molecule has 132 valence electrons. The van der Waals surface area contributed by atoms with Crippen molar-refractivity contribution in [1.82, 2.24) is 15.3 Å². The number of anilines is 2. The topological polar surface area (TPSA) is 119 Å². The van der Waals surface area contributed by atoms with E-state index in [0.717, 1.165) is 0 Å². The molecule has 1 aromatic heterocycles. The first-order chi connectivity index (χ1) is 11.7. The van der Waals surface area contributed by atoms with Crippen molar-refractivity contribution < 1.29 is 14.3 Å². The van der Waals surface area contributed by atoms with Gasteiger partial charge in [0.2, 0.25) is 0 Å². The van der Waals surface area contributed by atoms with Gasteiger partial charge < -0.3 is 15.8 Å². The Bertz CT molecular complexity index is 799.